The summed E-state index contributed by atoms with van der Waals surface area (Å²) in [5, 5.41) is 13.7. The Labute approximate surface area is 226 Å². The van der Waals surface area contributed by atoms with Gasteiger partial charge in [0.05, 0.1) is 34.1 Å². The highest BCUT2D eigenvalue weighted by Crippen LogP contribution is 2.41. The number of amides is 1. The van der Waals surface area contributed by atoms with Gasteiger partial charge in [0.1, 0.15) is 5.25 Å². The van der Waals surface area contributed by atoms with Crippen LogP contribution in [0.25, 0.3) is 10.4 Å². The van der Waals surface area contributed by atoms with Crippen LogP contribution >= 0.6 is 11.3 Å². The van der Waals surface area contributed by atoms with Crippen LogP contribution in [0.3, 0.4) is 0 Å². The van der Waals surface area contributed by atoms with Crippen LogP contribution in [0.5, 0.6) is 0 Å². The van der Waals surface area contributed by atoms with Crippen molar-refractivity contribution in [2.75, 3.05) is 18.5 Å². The Kier molecular flexibility index (Phi) is 7.73. The number of aryl methyl sites for hydroxylation is 1. The molecule has 5 rings (SSSR count). The molecule has 1 aromatic carbocycles. The summed E-state index contributed by atoms with van der Waals surface area (Å²) in [6, 6.07) is 7.33. The van der Waals surface area contributed by atoms with E-state index >= 15 is 0 Å². The third-order valence-corrected chi connectivity index (χ3v) is 10.1. The molecule has 1 amide bonds. The van der Waals surface area contributed by atoms with Crippen molar-refractivity contribution in [3.8, 4) is 10.4 Å². The number of aromatic amines is 1. The van der Waals surface area contributed by atoms with E-state index in [-0.39, 0.29) is 42.3 Å². The van der Waals surface area contributed by atoms with Crippen molar-refractivity contribution in [3.05, 3.63) is 41.2 Å². The molecule has 0 radical (unpaired) electrons. The first-order valence-electron chi connectivity index (χ1n) is 12.9. The molecule has 2 aliphatic rings. The van der Waals surface area contributed by atoms with Crippen LogP contribution in [0, 0.1) is 6.92 Å². The van der Waals surface area contributed by atoms with Crippen molar-refractivity contribution in [2.24, 2.45) is 0 Å². The molecule has 3 N–H and O–H groups in total. The van der Waals surface area contributed by atoms with Gasteiger partial charge in [-0.2, -0.15) is 5.10 Å². The fourth-order valence-corrected chi connectivity index (χ4v) is 7.62. The molecule has 0 bridgehead atoms. The van der Waals surface area contributed by atoms with Crippen LogP contribution in [0.4, 0.5) is 16.3 Å². The van der Waals surface area contributed by atoms with Gasteiger partial charge in [0.25, 0.3) is 0 Å². The number of benzene rings is 1. The van der Waals surface area contributed by atoms with Crippen molar-refractivity contribution in [3.63, 3.8) is 0 Å². The number of nitrogens with zero attached hydrogens (tertiary/aromatic N) is 2. The van der Waals surface area contributed by atoms with Gasteiger partial charge in [0.2, 0.25) is 0 Å². The van der Waals surface area contributed by atoms with Crippen molar-refractivity contribution in [1.82, 2.24) is 20.5 Å². The monoisotopic (exact) mass is 559 g/mol. The van der Waals surface area contributed by atoms with Crippen molar-refractivity contribution >= 4 is 38.8 Å². The average molecular weight is 560 g/mol. The molecule has 0 spiro atoms. The lowest BCUT2D eigenvalue weighted by molar-refractivity contribution is 0.0416. The topological polar surface area (TPSA) is 135 Å². The minimum atomic E-state index is -3.60. The van der Waals surface area contributed by atoms with Gasteiger partial charge in [-0.25, -0.2) is 18.2 Å². The molecule has 1 saturated heterocycles. The van der Waals surface area contributed by atoms with E-state index in [0.717, 1.165) is 41.3 Å². The Balaban J connectivity index is 1.34. The molecule has 3 heterocycles. The standard InChI is InChI=1S/C26H33N5O5S2/c1-15(2)36-26(32)29-18-6-4-17(5-7-18)25-27-12-22(37-25)21-9-8-19(28-24-10-16(3)30-31-24)11-23(21)38(33,34)20-13-35-14-20/h8-12,15,17-18,20H,4-7,13-14H2,1-3H3,(H,29,32)(H2,28,30,31)/t17-,18-. The number of ether oxygens (including phenoxy) is 2. The molecule has 3 aromatic rings. The molecule has 0 atom stereocenters. The van der Waals surface area contributed by atoms with Gasteiger partial charge in [-0.1, -0.05) is 6.07 Å². The summed E-state index contributed by atoms with van der Waals surface area (Å²) in [4.78, 5) is 17.7. The number of hydrogen-bond acceptors (Lipinski definition) is 9. The number of hydrogen-bond donors (Lipinski definition) is 3. The van der Waals surface area contributed by atoms with Crippen molar-refractivity contribution in [2.45, 2.75) is 74.7 Å². The quantitative estimate of drug-likeness (QED) is 0.354. The summed E-state index contributed by atoms with van der Waals surface area (Å²) < 4.78 is 37.5. The van der Waals surface area contributed by atoms with Crippen LogP contribution in [0.15, 0.2) is 35.4 Å². The van der Waals surface area contributed by atoms with Crippen LogP contribution in [0.2, 0.25) is 0 Å². The maximum Gasteiger partial charge on any atom is 0.407 e. The molecule has 0 unspecified atom stereocenters. The predicted octanol–water partition coefficient (Wildman–Crippen LogP) is 4.92. The molecule has 12 heteroatoms. The number of nitrogens with one attached hydrogen (secondary N) is 3. The molecule has 2 fully saturated rings. The smallest absolute Gasteiger partial charge is 0.407 e. The van der Waals surface area contributed by atoms with Crippen LogP contribution in [-0.4, -0.2) is 60.3 Å². The van der Waals surface area contributed by atoms with Crippen molar-refractivity contribution in [1.29, 1.82) is 0 Å². The maximum atomic E-state index is 13.5. The van der Waals surface area contributed by atoms with Crippen molar-refractivity contribution < 1.29 is 22.7 Å². The number of carbonyl (C=O) groups excluding carboxylic acids is 1. The number of thiazole rings is 1. The number of aromatic nitrogens is 3. The first-order chi connectivity index (χ1) is 18.2. The number of H-pyrrole nitrogens is 1. The summed E-state index contributed by atoms with van der Waals surface area (Å²) in [7, 11) is -3.60. The lowest BCUT2D eigenvalue weighted by atomic mass is 9.86. The lowest BCUT2D eigenvalue weighted by Gasteiger charge is -2.28. The minimum absolute atomic E-state index is 0.0942. The second kappa shape index (κ2) is 11.0. The van der Waals surface area contributed by atoms with Crippen LogP contribution in [-0.2, 0) is 19.3 Å². The third-order valence-electron chi connectivity index (χ3n) is 6.84. The normalized spacial score (nSPS) is 20.2. The summed E-state index contributed by atoms with van der Waals surface area (Å²) >= 11 is 1.54. The molecular formula is C26H33N5O5S2. The molecule has 38 heavy (non-hydrogen) atoms. The van der Waals surface area contributed by atoms with E-state index in [1.165, 1.54) is 0 Å². The van der Waals surface area contributed by atoms with E-state index in [2.05, 4.69) is 20.8 Å². The fourth-order valence-electron chi connectivity index (χ4n) is 4.74. The zero-order valence-electron chi connectivity index (χ0n) is 21.7. The Morgan fingerprint density at radius 1 is 1.18 bits per heavy atom. The van der Waals surface area contributed by atoms with E-state index in [4.69, 9.17) is 14.5 Å². The number of sulfone groups is 1. The SMILES string of the molecule is Cc1cc(Nc2ccc(-c3cnc([C@H]4CC[C@H](NC(=O)OC(C)C)CC4)s3)c(S(=O)(=O)C3COC3)c2)n[nH]1. The van der Waals surface area contributed by atoms with Gasteiger partial charge >= 0.3 is 6.09 Å². The highest BCUT2D eigenvalue weighted by atomic mass is 32.2. The number of rotatable bonds is 8. The van der Waals surface area contributed by atoms with E-state index in [0.29, 0.717) is 17.1 Å². The van der Waals surface area contributed by atoms with E-state index in [9.17, 15) is 13.2 Å². The van der Waals surface area contributed by atoms with E-state index in [1.54, 1.807) is 23.6 Å². The number of anilines is 2. The molecule has 1 aliphatic carbocycles. The summed E-state index contributed by atoms with van der Waals surface area (Å²) in [6.07, 6.45) is 4.75. The molecular weight excluding hydrogens is 526 g/mol. The van der Waals surface area contributed by atoms with Crippen LogP contribution in [0.1, 0.15) is 56.2 Å². The van der Waals surface area contributed by atoms with Gasteiger partial charge in [0.15, 0.2) is 15.7 Å². The van der Waals surface area contributed by atoms with Gasteiger partial charge in [-0.05, 0) is 58.6 Å². The Hall–Kier alpha value is -2.96. The summed E-state index contributed by atoms with van der Waals surface area (Å²) in [5.74, 6) is 0.894. The lowest BCUT2D eigenvalue weighted by Crippen LogP contribution is -2.40. The number of carbonyl (C=O) groups is 1. The van der Waals surface area contributed by atoms with Crippen LogP contribution < -0.4 is 10.6 Å². The van der Waals surface area contributed by atoms with Gasteiger partial charge in [-0.3, -0.25) is 5.10 Å². The Bertz CT molecular complexity index is 1390. The third kappa shape index (κ3) is 5.87. The minimum Gasteiger partial charge on any atom is -0.447 e. The highest BCUT2D eigenvalue weighted by molar-refractivity contribution is 7.92. The fraction of sp³-hybridized carbons (Fsp3) is 0.500. The first-order valence-corrected chi connectivity index (χ1v) is 15.2. The predicted molar refractivity (Wildman–Crippen MR) is 146 cm³/mol. The summed E-state index contributed by atoms with van der Waals surface area (Å²) in [6.45, 7) is 5.97. The summed E-state index contributed by atoms with van der Waals surface area (Å²) in [5.41, 5.74) is 2.20. The van der Waals surface area contributed by atoms with Gasteiger partial charge in [0, 0.05) is 41.2 Å². The molecule has 1 saturated carbocycles. The van der Waals surface area contributed by atoms with Gasteiger partial charge in [-0.15, -0.1) is 11.3 Å². The Morgan fingerprint density at radius 2 is 1.95 bits per heavy atom. The molecule has 10 nitrogen and oxygen atoms in total. The largest absolute Gasteiger partial charge is 0.447 e. The molecule has 1 aliphatic heterocycles. The number of alkyl carbamates (subject to hydrolysis) is 1. The second-order valence-electron chi connectivity index (χ2n) is 10.2. The molecule has 2 aromatic heterocycles. The van der Waals surface area contributed by atoms with E-state index in [1.807, 2.05) is 39.0 Å². The Morgan fingerprint density at radius 3 is 2.58 bits per heavy atom. The molecule has 204 valence electrons. The average Bonchev–Trinajstić information content (AvgIpc) is 3.47. The second-order valence-corrected chi connectivity index (χ2v) is 13.4. The maximum absolute atomic E-state index is 13.5. The zero-order chi connectivity index (χ0) is 26.9. The first kappa shape index (κ1) is 26.6. The zero-order valence-corrected chi connectivity index (χ0v) is 23.3. The van der Waals surface area contributed by atoms with Gasteiger partial charge < -0.3 is 20.1 Å². The van der Waals surface area contributed by atoms with E-state index < -0.39 is 15.1 Å². The highest BCUT2D eigenvalue weighted by Gasteiger charge is 2.36.